The highest BCUT2D eigenvalue weighted by molar-refractivity contribution is 7.99. The van der Waals surface area contributed by atoms with E-state index in [9.17, 15) is 14.7 Å². The summed E-state index contributed by atoms with van der Waals surface area (Å²) < 4.78 is 14.9. The molecule has 3 heterocycles. The Morgan fingerprint density at radius 3 is 2.22 bits per heavy atom. The smallest absolute Gasteiger partial charge is 0.261 e. The van der Waals surface area contributed by atoms with Gasteiger partial charge in [0.1, 0.15) is 6.33 Å². The summed E-state index contributed by atoms with van der Waals surface area (Å²) in [4.78, 5) is 27.1. The molecule has 0 aliphatic carbocycles. The molecule has 2 amide bonds. The molecular formula is C36H32N4O5S. The lowest BCUT2D eigenvalue weighted by atomic mass is 9.99. The van der Waals surface area contributed by atoms with Gasteiger partial charge in [-0.05, 0) is 46.0 Å². The number of benzene rings is 4. The summed E-state index contributed by atoms with van der Waals surface area (Å²) in [6, 6.07) is 30.8. The molecule has 0 bridgehead atoms. The van der Waals surface area contributed by atoms with Crippen LogP contribution in [0, 0.1) is 0 Å². The molecule has 5 aromatic rings. The van der Waals surface area contributed by atoms with Crippen LogP contribution in [-0.4, -0.2) is 48.4 Å². The Labute approximate surface area is 270 Å². The highest BCUT2D eigenvalue weighted by Gasteiger charge is 2.35. The number of ether oxygens (including phenoxy) is 2. The Bertz CT molecular complexity index is 1840. The number of hydrogen-bond acceptors (Lipinski definition) is 8. The number of aromatic nitrogens is 3. The zero-order valence-electron chi connectivity index (χ0n) is 25.2. The highest BCUT2D eigenvalue weighted by Crippen LogP contribution is 2.40. The Hall–Kier alpha value is -4.61. The number of aliphatic hydroxyl groups is 1. The maximum Gasteiger partial charge on any atom is 0.261 e. The molecule has 9 nitrogen and oxygen atoms in total. The molecule has 0 radical (unpaired) electrons. The number of amides is 2. The molecule has 1 aromatic heterocycles. The molecule has 10 heteroatoms. The topological polar surface area (TPSA) is 107 Å². The van der Waals surface area contributed by atoms with Crippen molar-refractivity contribution in [2.45, 2.75) is 43.2 Å². The van der Waals surface area contributed by atoms with Crippen LogP contribution < -0.4 is 0 Å². The van der Waals surface area contributed by atoms with Crippen LogP contribution in [-0.2, 0) is 29.7 Å². The largest absolute Gasteiger partial charge is 0.392 e. The average Bonchev–Trinajstić information content (AvgIpc) is 3.63. The second-order valence-corrected chi connectivity index (χ2v) is 12.4. The van der Waals surface area contributed by atoms with Crippen LogP contribution in [0.4, 0.5) is 0 Å². The molecule has 0 unspecified atom stereocenters. The van der Waals surface area contributed by atoms with Crippen molar-refractivity contribution in [2.75, 3.05) is 5.75 Å². The molecule has 46 heavy (non-hydrogen) atoms. The standard InChI is InChI=1S/C36H32N4O5S/c1-39-22-37-38-36(39)46-21-29-18-32(26-11-9-23(20-41)10-12-26)45-35(44-29)27-15-13-25(14-16-27)28-6-4-5-24(17-28)19-40-33(42)30-7-2-3-8-31(30)34(40)43/h2-17,22,29,32,35,41H,18-21H2,1H3/t29-,32+,35+/m1/s1. The van der Waals surface area contributed by atoms with Gasteiger partial charge in [-0.1, -0.05) is 90.6 Å². The molecule has 4 aromatic carbocycles. The Morgan fingerprint density at radius 1 is 0.826 bits per heavy atom. The number of aliphatic hydroxyl groups excluding tert-OH is 1. The third kappa shape index (κ3) is 6.12. The van der Waals surface area contributed by atoms with E-state index in [1.807, 2.05) is 84.4 Å². The predicted molar refractivity (Wildman–Crippen MR) is 173 cm³/mol. The molecule has 2 aliphatic rings. The van der Waals surface area contributed by atoms with E-state index in [2.05, 4.69) is 10.2 Å². The minimum absolute atomic E-state index is 0.00741. The van der Waals surface area contributed by atoms with Gasteiger partial charge in [0.05, 0.1) is 36.5 Å². The molecule has 7 rings (SSSR count). The summed E-state index contributed by atoms with van der Waals surface area (Å²) in [6.45, 7) is 0.197. The van der Waals surface area contributed by atoms with Gasteiger partial charge in [-0.3, -0.25) is 14.5 Å². The first-order chi connectivity index (χ1) is 22.5. The zero-order chi connectivity index (χ0) is 31.6. The van der Waals surface area contributed by atoms with E-state index in [-0.39, 0.29) is 37.2 Å². The monoisotopic (exact) mass is 632 g/mol. The molecular weight excluding hydrogens is 600 g/mol. The van der Waals surface area contributed by atoms with Gasteiger partial charge in [-0.15, -0.1) is 10.2 Å². The van der Waals surface area contributed by atoms with Crippen molar-refractivity contribution in [3.05, 3.63) is 137 Å². The molecule has 1 N–H and O–H groups in total. The number of thioether (sulfide) groups is 1. The summed E-state index contributed by atoms with van der Waals surface area (Å²) in [7, 11) is 1.92. The van der Waals surface area contributed by atoms with Crippen molar-refractivity contribution in [3.63, 3.8) is 0 Å². The van der Waals surface area contributed by atoms with Crippen LogP contribution in [0.2, 0.25) is 0 Å². The summed E-state index contributed by atoms with van der Waals surface area (Å²) >= 11 is 1.60. The quantitative estimate of drug-likeness (QED) is 0.153. The fourth-order valence-corrected chi connectivity index (χ4v) is 6.75. The first-order valence-corrected chi connectivity index (χ1v) is 16.1. The molecule has 232 valence electrons. The summed E-state index contributed by atoms with van der Waals surface area (Å²) in [5, 5.41) is 18.5. The fourth-order valence-electron chi connectivity index (χ4n) is 5.84. The highest BCUT2D eigenvalue weighted by atomic mass is 32.2. The Balaban J connectivity index is 1.08. The van der Waals surface area contributed by atoms with Crippen molar-refractivity contribution >= 4 is 23.6 Å². The number of fused-ring (bicyclic) bond motifs is 1. The number of carbonyl (C=O) groups is 2. The van der Waals surface area contributed by atoms with E-state index in [4.69, 9.17) is 9.47 Å². The van der Waals surface area contributed by atoms with Crippen LogP contribution in [0.15, 0.2) is 109 Å². The second-order valence-electron chi connectivity index (χ2n) is 11.4. The number of aryl methyl sites for hydroxylation is 1. The molecule has 2 aliphatic heterocycles. The maximum absolute atomic E-state index is 12.9. The molecule has 3 atom stereocenters. The molecule has 1 saturated heterocycles. The lowest BCUT2D eigenvalue weighted by molar-refractivity contribution is -0.245. The third-order valence-corrected chi connectivity index (χ3v) is 9.51. The van der Waals surface area contributed by atoms with Crippen LogP contribution >= 0.6 is 11.8 Å². The molecule has 0 spiro atoms. The van der Waals surface area contributed by atoms with Crippen molar-refractivity contribution in [1.29, 1.82) is 0 Å². The minimum Gasteiger partial charge on any atom is -0.392 e. The van der Waals surface area contributed by atoms with Gasteiger partial charge < -0.3 is 19.1 Å². The third-order valence-electron chi connectivity index (χ3n) is 8.35. The predicted octanol–water partition coefficient (Wildman–Crippen LogP) is 6.11. The lowest BCUT2D eigenvalue weighted by Gasteiger charge is -2.36. The van der Waals surface area contributed by atoms with Crippen molar-refractivity contribution < 1.29 is 24.2 Å². The van der Waals surface area contributed by atoms with E-state index in [1.54, 1.807) is 42.4 Å². The SMILES string of the molecule is Cn1cnnc1SC[C@H]1C[C@@H](c2ccc(CO)cc2)O[C@@H](c2ccc(-c3cccc(CN4C(=O)c5ccccc5C4=O)c3)cc2)O1. The van der Waals surface area contributed by atoms with Gasteiger partial charge >= 0.3 is 0 Å². The minimum atomic E-state index is -0.574. The summed E-state index contributed by atoms with van der Waals surface area (Å²) in [6.07, 6.45) is 1.51. The van der Waals surface area contributed by atoms with E-state index < -0.39 is 6.29 Å². The van der Waals surface area contributed by atoms with Gasteiger partial charge in [0, 0.05) is 24.8 Å². The van der Waals surface area contributed by atoms with E-state index >= 15 is 0 Å². The number of rotatable bonds is 9. The first-order valence-electron chi connectivity index (χ1n) is 15.1. The van der Waals surface area contributed by atoms with Crippen molar-refractivity contribution in [2.24, 2.45) is 7.05 Å². The lowest BCUT2D eigenvalue weighted by Crippen LogP contribution is -2.31. The van der Waals surface area contributed by atoms with Crippen LogP contribution in [0.5, 0.6) is 0 Å². The van der Waals surface area contributed by atoms with Crippen LogP contribution in [0.1, 0.15) is 61.8 Å². The average molecular weight is 633 g/mol. The number of nitrogens with zero attached hydrogens (tertiary/aromatic N) is 4. The normalized spacial score (nSPS) is 19.4. The molecule has 1 fully saturated rings. The van der Waals surface area contributed by atoms with Crippen molar-refractivity contribution in [1.82, 2.24) is 19.7 Å². The first kappa shape index (κ1) is 30.1. The Morgan fingerprint density at radius 2 is 1.54 bits per heavy atom. The summed E-state index contributed by atoms with van der Waals surface area (Å²) in [5.74, 6) is 0.160. The van der Waals surface area contributed by atoms with Gasteiger partial charge in [0.25, 0.3) is 11.8 Å². The summed E-state index contributed by atoms with van der Waals surface area (Å²) in [5.41, 5.74) is 6.52. The van der Waals surface area contributed by atoms with Crippen LogP contribution in [0.25, 0.3) is 11.1 Å². The van der Waals surface area contributed by atoms with Crippen LogP contribution in [0.3, 0.4) is 0 Å². The fraction of sp³-hybridized carbons (Fsp3) is 0.222. The van der Waals surface area contributed by atoms with Gasteiger partial charge in [0.15, 0.2) is 11.4 Å². The number of imide groups is 1. The molecule has 0 saturated carbocycles. The van der Waals surface area contributed by atoms with Gasteiger partial charge in [-0.25, -0.2) is 0 Å². The van der Waals surface area contributed by atoms with Gasteiger partial charge in [0.2, 0.25) is 0 Å². The number of carbonyl (C=O) groups excluding carboxylic acids is 2. The zero-order valence-corrected chi connectivity index (χ0v) is 26.0. The van der Waals surface area contributed by atoms with E-state index in [1.165, 1.54) is 4.90 Å². The second kappa shape index (κ2) is 13.0. The van der Waals surface area contributed by atoms with E-state index in [0.717, 1.165) is 38.5 Å². The van der Waals surface area contributed by atoms with Crippen molar-refractivity contribution in [3.8, 4) is 11.1 Å². The Kier molecular flexibility index (Phi) is 8.51. The van der Waals surface area contributed by atoms with E-state index in [0.29, 0.717) is 23.3 Å². The number of hydrogen-bond donors (Lipinski definition) is 1. The maximum atomic E-state index is 12.9. The van der Waals surface area contributed by atoms with Gasteiger partial charge in [-0.2, -0.15) is 0 Å².